The Bertz CT molecular complexity index is 738. The number of nitrogens with zero attached hydrogens (tertiary/aromatic N) is 4. The van der Waals surface area contributed by atoms with E-state index in [2.05, 4.69) is 58.1 Å². The van der Waals surface area contributed by atoms with E-state index >= 15 is 0 Å². The second-order valence-electron chi connectivity index (χ2n) is 7.04. The number of hydrogen-bond acceptors (Lipinski definition) is 6. The van der Waals surface area contributed by atoms with Gasteiger partial charge in [-0.05, 0) is 57.6 Å². The quantitative estimate of drug-likeness (QED) is 0.890. The molecule has 0 aliphatic carbocycles. The van der Waals surface area contributed by atoms with Crippen molar-refractivity contribution in [2.45, 2.75) is 40.5 Å². The molecule has 0 amide bonds. The number of rotatable bonds is 4. The van der Waals surface area contributed by atoms with Crippen LogP contribution >= 0.6 is 0 Å². The van der Waals surface area contributed by atoms with Gasteiger partial charge in [0.2, 0.25) is 11.9 Å². The van der Waals surface area contributed by atoms with Crippen LogP contribution in [-0.4, -0.2) is 39.8 Å². The van der Waals surface area contributed by atoms with E-state index in [1.54, 1.807) is 0 Å². The van der Waals surface area contributed by atoms with E-state index in [1.807, 2.05) is 6.92 Å². The summed E-state index contributed by atoms with van der Waals surface area (Å²) in [5.74, 6) is 2.25. The van der Waals surface area contributed by atoms with Crippen molar-refractivity contribution in [2.75, 3.05) is 29.9 Å². The van der Waals surface area contributed by atoms with Gasteiger partial charge in [-0.1, -0.05) is 17.7 Å². The van der Waals surface area contributed by atoms with Gasteiger partial charge in [0.1, 0.15) is 5.82 Å². The first-order valence-corrected chi connectivity index (χ1v) is 8.89. The van der Waals surface area contributed by atoms with E-state index in [4.69, 9.17) is 0 Å². The summed E-state index contributed by atoms with van der Waals surface area (Å²) in [7, 11) is 0. The highest BCUT2D eigenvalue weighted by Gasteiger charge is 2.22. The van der Waals surface area contributed by atoms with Crippen LogP contribution in [0.5, 0.6) is 0 Å². The van der Waals surface area contributed by atoms with E-state index in [0.717, 1.165) is 31.6 Å². The Morgan fingerprint density at radius 3 is 2.52 bits per heavy atom. The SMILES string of the molecule is Cc1cc(C)c(Nc2nc(C)nc(N3CCCC(CO)C3)n2)c(C)c1. The van der Waals surface area contributed by atoms with Crippen molar-refractivity contribution in [3.63, 3.8) is 0 Å². The molecule has 3 rings (SSSR count). The molecule has 6 heteroatoms. The minimum absolute atomic E-state index is 0.216. The summed E-state index contributed by atoms with van der Waals surface area (Å²) in [6.07, 6.45) is 2.11. The van der Waals surface area contributed by atoms with Crippen molar-refractivity contribution in [3.05, 3.63) is 34.6 Å². The van der Waals surface area contributed by atoms with Gasteiger partial charge < -0.3 is 15.3 Å². The molecule has 0 bridgehead atoms. The molecule has 2 heterocycles. The summed E-state index contributed by atoms with van der Waals surface area (Å²) < 4.78 is 0. The Hall–Kier alpha value is -2.21. The summed E-state index contributed by atoms with van der Waals surface area (Å²) in [4.78, 5) is 15.8. The van der Waals surface area contributed by atoms with Gasteiger partial charge in [0.15, 0.2) is 0 Å². The third-order valence-electron chi connectivity index (χ3n) is 4.71. The number of piperidine rings is 1. The van der Waals surface area contributed by atoms with Crippen molar-refractivity contribution in [3.8, 4) is 0 Å². The lowest BCUT2D eigenvalue weighted by atomic mass is 9.99. The van der Waals surface area contributed by atoms with Crippen LogP contribution < -0.4 is 10.2 Å². The zero-order valence-electron chi connectivity index (χ0n) is 15.5. The Labute approximate surface area is 149 Å². The minimum Gasteiger partial charge on any atom is -0.396 e. The van der Waals surface area contributed by atoms with Crippen LogP contribution in [0.25, 0.3) is 0 Å². The molecule has 1 aromatic heterocycles. The number of aromatic nitrogens is 3. The molecule has 1 aromatic carbocycles. The van der Waals surface area contributed by atoms with E-state index < -0.39 is 0 Å². The average molecular weight is 341 g/mol. The van der Waals surface area contributed by atoms with Crippen LogP contribution in [0, 0.1) is 33.6 Å². The molecule has 1 atom stereocenters. The molecular formula is C19H27N5O. The van der Waals surface area contributed by atoms with Gasteiger partial charge in [0.25, 0.3) is 0 Å². The summed E-state index contributed by atoms with van der Waals surface area (Å²) >= 11 is 0. The average Bonchev–Trinajstić information content (AvgIpc) is 2.57. The van der Waals surface area contributed by atoms with Crippen molar-refractivity contribution >= 4 is 17.6 Å². The lowest BCUT2D eigenvalue weighted by Gasteiger charge is -2.32. The molecule has 1 aliphatic rings. The Balaban J connectivity index is 1.87. The summed E-state index contributed by atoms with van der Waals surface area (Å²) in [6, 6.07) is 4.31. The largest absolute Gasteiger partial charge is 0.396 e. The molecule has 25 heavy (non-hydrogen) atoms. The van der Waals surface area contributed by atoms with E-state index in [9.17, 15) is 5.11 Å². The first-order chi connectivity index (χ1) is 12.0. The van der Waals surface area contributed by atoms with Crippen LogP contribution in [0.1, 0.15) is 35.4 Å². The smallest absolute Gasteiger partial charge is 0.232 e. The van der Waals surface area contributed by atoms with Crippen molar-refractivity contribution in [1.82, 2.24) is 15.0 Å². The lowest BCUT2D eigenvalue weighted by molar-refractivity contribution is 0.208. The number of anilines is 3. The highest BCUT2D eigenvalue weighted by atomic mass is 16.3. The first kappa shape index (κ1) is 17.6. The number of aliphatic hydroxyl groups excluding tert-OH is 1. The molecule has 134 valence electrons. The predicted molar refractivity (Wildman–Crippen MR) is 101 cm³/mol. The molecule has 0 saturated carbocycles. The molecule has 1 saturated heterocycles. The van der Waals surface area contributed by atoms with Crippen molar-refractivity contribution in [1.29, 1.82) is 0 Å². The maximum Gasteiger partial charge on any atom is 0.232 e. The summed E-state index contributed by atoms with van der Waals surface area (Å²) in [5.41, 5.74) is 4.65. The molecule has 0 radical (unpaired) electrons. The fraction of sp³-hybridized carbons (Fsp3) is 0.526. The Kier molecular flexibility index (Phi) is 5.18. The van der Waals surface area contributed by atoms with Crippen molar-refractivity contribution in [2.24, 2.45) is 5.92 Å². The standard InChI is InChI=1S/C19H27N5O/c1-12-8-13(2)17(14(3)9-12)22-18-20-15(4)21-19(23-18)24-7-5-6-16(10-24)11-25/h8-9,16,25H,5-7,10-11H2,1-4H3,(H,20,21,22,23). The van der Waals surface area contributed by atoms with Gasteiger partial charge in [0.05, 0.1) is 0 Å². The van der Waals surface area contributed by atoms with Crippen LogP contribution in [0.15, 0.2) is 12.1 Å². The lowest BCUT2D eigenvalue weighted by Crippen LogP contribution is -2.38. The monoisotopic (exact) mass is 341 g/mol. The number of aryl methyl sites for hydroxylation is 4. The highest BCUT2D eigenvalue weighted by molar-refractivity contribution is 5.64. The van der Waals surface area contributed by atoms with E-state index in [1.165, 1.54) is 16.7 Å². The van der Waals surface area contributed by atoms with Crippen molar-refractivity contribution < 1.29 is 5.11 Å². The maximum absolute atomic E-state index is 9.45. The summed E-state index contributed by atoms with van der Waals surface area (Å²) in [5, 5.41) is 12.8. The van der Waals surface area contributed by atoms with Gasteiger partial charge >= 0.3 is 0 Å². The number of hydrogen-bond donors (Lipinski definition) is 2. The molecule has 1 aliphatic heterocycles. The predicted octanol–water partition coefficient (Wildman–Crippen LogP) is 3.06. The minimum atomic E-state index is 0.216. The molecule has 2 N–H and O–H groups in total. The van der Waals surface area contributed by atoms with Gasteiger partial charge in [-0.15, -0.1) is 0 Å². The topological polar surface area (TPSA) is 74.2 Å². The highest BCUT2D eigenvalue weighted by Crippen LogP contribution is 2.26. The zero-order valence-corrected chi connectivity index (χ0v) is 15.5. The number of aliphatic hydroxyl groups is 1. The number of benzene rings is 1. The van der Waals surface area contributed by atoms with Gasteiger partial charge in [-0.2, -0.15) is 15.0 Å². The first-order valence-electron chi connectivity index (χ1n) is 8.89. The molecule has 2 aromatic rings. The number of nitrogens with one attached hydrogen (secondary N) is 1. The van der Waals surface area contributed by atoms with Gasteiger partial charge in [-0.3, -0.25) is 0 Å². The molecular weight excluding hydrogens is 314 g/mol. The Morgan fingerprint density at radius 1 is 1.12 bits per heavy atom. The van der Waals surface area contributed by atoms with Crippen LogP contribution in [0.4, 0.5) is 17.6 Å². The molecule has 6 nitrogen and oxygen atoms in total. The normalized spacial score (nSPS) is 17.6. The molecule has 0 spiro atoms. The van der Waals surface area contributed by atoms with Crippen LogP contribution in [0.2, 0.25) is 0 Å². The second-order valence-corrected chi connectivity index (χ2v) is 7.04. The third kappa shape index (κ3) is 4.07. The second kappa shape index (κ2) is 7.35. The molecule has 1 unspecified atom stereocenters. The molecule has 1 fully saturated rings. The fourth-order valence-electron chi connectivity index (χ4n) is 3.55. The fourth-order valence-corrected chi connectivity index (χ4v) is 3.55. The van der Waals surface area contributed by atoms with Gasteiger partial charge in [-0.25, -0.2) is 0 Å². The van der Waals surface area contributed by atoms with Gasteiger partial charge in [0, 0.05) is 25.4 Å². The van der Waals surface area contributed by atoms with E-state index in [0.29, 0.717) is 23.6 Å². The van der Waals surface area contributed by atoms with Crippen LogP contribution in [0.3, 0.4) is 0 Å². The Morgan fingerprint density at radius 2 is 1.84 bits per heavy atom. The van der Waals surface area contributed by atoms with E-state index in [-0.39, 0.29) is 6.61 Å². The summed E-state index contributed by atoms with van der Waals surface area (Å²) in [6.45, 7) is 10.1. The zero-order chi connectivity index (χ0) is 18.0. The maximum atomic E-state index is 9.45. The third-order valence-corrected chi connectivity index (χ3v) is 4.71. The van der Waals surface area contributed by atoms with Crippen LogP contribution in [-0.2, 0) is 0 Å².